The summed E-state index contributed by atoms with van der Waals surface area (Å²) in [5.41, 5.74) is 1.50. The molecule has 0 bridgehead atoms. The summed E-state index contributed by atoms with van der Waals surface area (Å²) in [7, 11) is 0. The monoisotopic (exact) mass is 290 g/mol. The van der Waals surface area contributed by atoms with Crippen LogP contribution in [0.25, 0.3) is 0 Å². The lowest BCUT2D eigenvalue weighted by molar-refractivity contribution is 0.0767. The quantitative estimate of drug-likeness (QED) is 0.872. The predicted octanol–water partition coefficient (Wildman–Crippen LogP) is 2.12. The SMILES string of the molecule is CCN(CC)C(=O)c1cc(NC2CCNC(C)C2)ccn1. The first-order valence-electron chi connectivity index (χ1n) is 7.89. The van der Waals surface area contributed by atoms with Crippen molar-refractivity contribution in [3.8, 4) is 0 Å². The fraction of sp³-hybridized carbons (Fsp3) is 0.625. The Bertz CT molecular complexity index is 473. The number of nitrogens with one attached hydrogen (secondary N) is 2. The zero-order valence-corrected chi connectivity index (χ0v) is 13.2. The number of anilines is 1. The third kappa shape index (κ3) is 4.17. The van der Waals surface area contributed by atoms with E-state index in [1.807, 2.05) is 26.0 Å². The number of rotatable bonds is 5. The van der Waals surface area contributed by atoms with E-state index in [9.17, 15) is 4.79 Å². The van der Waals surface area contributed by atoms with Gasteiger partial charge in [0, 0.05) is 37.1 Å². The summed E-state index contributed by atoms with van der Waals surface area (Å²) < 4.78 is 0. The standard InChI is InChI=1S/C16H26N4O/c1-4-20(5-2)16(21)15-11-14(7-9-18-15)19-13-6-8-17-12(3)10-13/h7,9,11-13,17H,4-6,8,10H2,1-3H3,(H,18,19). The summed E-state index contributed by atoms with van der Waals surface area (Å²) in [6, 6.07) is 4.80. The van der Waals surface area contributed by atoms with Crippen molar-refractivity contribution in [1.29, 1.82) is 0 Å². The molecule has 1 saturated heterocycles. The zero-order chi connectivity index (χ0) is 15.2. The van der Waals surface area contributed by atoms with Crippen LogP contribution in [0.15, 0.2) is 18.3 Å². The van der Waals surface area contributed by atoms with Crippen molar-refractivity contribution in [1.82, 2.24) is 15.2 Å². The number of hydrogen-bond acceptors (Lipinski definition) is 4. The van der Waals surface area contributed by atoms with Gasteiger partial charge < -0.3 is 15.5 Å². The smallest absolute Gasteiger partial charge is 0.272 e. The van der Waals surface area contributed by atoms with Crippen LogP contribution in [0.2, 0.25) is 0 Å². The van der Waals surface area contributed by atoms with E-state index in [4.69, 9.17) is 0 Å². The van der Waals surface area contributed by atoms with Crippen molar-refractivity contribution in [2.45, 2.75) is 45.7 Å². The van der Waals surface area contributed by atoms with Gasteiger partial charge in [0.1, 0.15) is 5.69 Å². The van der Waals surface area contributed by atoms with Gasteiger partial charge in [-0.2, -0.15) is 0 Å². The van der Waals surface area contributed by atoms with Gasteiger partial charge in [-0.3, -0.25) is 9.78 Å². The Morgan fingerprint density at radius 2 is 2.24 bits per heavy atom. The second-order valence-electron chi connectivity index (χ2n) is 5.63. The first-order chi connectivity index (χ1) is 10.1. The molecule has 5 heteroatoms. The van der Waals surface area contributed by atoms with E-state index in [1.165, 1.54) is 0 Å². The summed E-state index contributed by atoms with van der Waals surface area (Å²) in [5.74, 6) is 0.00216. The van der Waals surface area contributed by atoms with Crippen LogP contribution in [-0.4, -0.2) is 47.5 Å². The summed E-state index contributed by atoms with van der Waals surface area (Å²) >= 11 is 0. The maximum atomic E-state index is 12.3. The molecular weight excluding hydrogens is 264 g/mol. The second kappa shape index (κ2) is 7.41. The van der Waals surface area contributed by atoms with Crippen LogP contribution in [0.4, 0.5) is 5.69 Å². The maximum absolute atomic E-state index is 12.3. The van der Waals surface area contributed by atoms with E-state index in [0.29, 0.717) is 30.9 Å². The van der Waals surface area contributed by atoms with Crippen molar-refractivity contribution in [2.75, 3.05) is 25.0 Å². The van der Waals surface area contributed by atoms with Gasteiger partial charge >= 0.3 is 0 Å². The van der Waals surface area contributed by atoms with Crippen molar-refractivity contribution in [2.24, 2.45) is 0 Å². The van der Waals surface area contributed by atoms with E-state index >= 15 is 0 Å². The molecule has 2 N–H and O–H groups in total. The zero-order valence-electron chi connectivity index (χ0n) is 13.2. The first-order valence-corrected chi connectivity index (χ1v) is 7.89. The molecule has 2 heterocycles. The molecule has 0 spiro atoms. The third-order valence-corrected chi connectivity index (χ3v) is 4.02. The Balaban J connectivity index is 2.05. The van der Waals surface area contributed by atoms with Gasteiger partial charge in [0.2, 0.25) is 0 Å². The molecule has 0 aliphatic carbocycles. The number of amides is 1. The Morgan fingerprint density at radius 3 is 2.90 bits per heavy atom. The van der Waals surface area contributed by atoms with Gasteiger partial charge in [-0.1, -0.05) is 0 Å². The molecule has 0 radical (unpaired) electrons. The lowest BCUT2D eigenvalue weighted by Gasteiger charge is -2.29. The minimum absolute atomic E-state index is 0.00216. The summed E-state index contributed by atoms with van der Waals surface area (Å²) in [4.78, 5) is 18.3. The van der Waals surface area contributed by atoms with Crippen LogP contribution in [0.1, 0.15) is 44.1 Å². The summed E-state index contributed by atoms with van der Waals surface area (Å²) in [5, 5.41) is 6.98. The highest BCUT2D eigenvalue weighted by Crippen LogP contribution is 2.17. The molecule has 5 nitrogen and oxygen atoms in total. The van der Waals surface area contributed by atoms with Crippen LogP contribution < -0.4 is 10.6 Å². The largest absolute Gasteiger partial charge is 0.382 e. The lowest BCUT2D eigenvalue weighted by Crippen LogP contribution is -2.41. The third-order valence-electron chi connectivity index (χ3n) is 4.02. The number of carbonyl (C=O) groups is 1. The lowest BCUT2D eigenvalue weighted by atomic mass is 10.0. The van der Waals surface area contributed by atoms with Crippen LogP contribution in [0, 0.1) is 0 Å². The Hall–Kier alpha value is -1.62. The Labute approximate surface area is 127 Å². The molecular formula is C16H26N4O. The van der Waals surface area contributed by atoms with Crippen molar-refractivity contribution < 1.29 is 4.79 Å². The first kappa shape index (κ1) is 15.8. The van der Waals surface area contributed by atoms with E-state index in [1.54, 1.807) is 11.1 Å². The van der Waals surface area contributed by atoms with E-state index in [-0.39, 0.29) is 5.91 Å². The van der Waals surface area contributed by atoms with E-state index in [0.717, 1.165) is 25.1 Å². The molecule has 0 aromatic carbocycles. The Kier molecular flexibility index (Phi) is 5.56. The average Bonchev–Trinajstić information content (AvgIpc) is 2.48. The molecule has 1 aliphatic heterocycles. The van der Waals surface area contributed by atoms with E-state index < -0.39 is 0 Å². The summed E-state index contributed by atoms with van der Waals surface area (Å²) in [6.07, 6.45) is 3.91. The second-order valence-corrected chi connectivity index (χ2v) is 5.63. The highest BCUT2D eigenvalue weighted by molar-refractivity contribution is 5.93. The fourth-order valence-corrected chi connectivity index (χ4v) is 2.81. The molecule has 1 amide bonds. The highest BCUT2D eigenvalue weighted by atomic mass is 16.2. The van der Waals surface area contributed by atoms with Gasteiger partial charge in [-0.15, -0.1) is 0 Å². The number of carbonyl (C=O) groups excluding carboxylic acids is 1. The van der Waals surface area contributed by atoms with Gasteiger partial charge in [0.05, 0.1) is 0 Å². The van der Waals surface area contributed by atoms with Crippen LogP contribution in [-0.2, 0) is 0 Å². The van der Waals surface area contributed by atoms with Crippen molar-refractivity contribution in [3.05, 3.63) is 24.0 Å². The predicted molar refractivity (Wildman–Crippen MR) is 85.6 cm³/mol. The van der Waals surface area contributed by atoms with Gasteiger partial charge in [-0.25, -0.2) is 0 Å². The molecule has 1 fully saturated rings. The molecule has 2 unspecified atom stereocenters. The molecule has 2 rings (SSSR count). The number of aromatic nitrogens is 1. The molecule has 0 saturated carbocycles. The maximum Gasteiger partial charge on any atom is 0.272 e. The molecule has 1 aromatic heterocycles. The number of hydrogen-bond donors (Lipinski definition) is 2. The number of piperidine rings is 1. The minimum Gasteiger partial charge on any atom is -0.382 e. The molecule has 1 aliphatic rings. The van der Waals surface area contributed by atoms with Crippen molar-refractivity contribution in [3.63, 3.8) is 0 Å². The van der Waals surface area contributed by atoms with E-state index in [2.05, 4.69) is 22.5 Å². The molecule has 21 heavy (non-hydrogen) atoms. The van der Waals surface area contributed by atoms with Crippen LogP contribution in [0.5, 0.6) is 0 Å². The van der Waals surface area contributed by atoms with Crippen molar-refractivity contribution >= 4 is 11.6 Å². The van der Waals surface area contributed by atoms with Gasteiger partial charge in [0.15, 0.2) is 0 Å². The molecule has 1 aromatic rings. The minimum atomic E-state index is 0.00216. The summed E-state index contributed by atoms with van der Waals surface area (Å²) in [6.45, 7) is 8.63. The van der Waals surface area contributed by atoms with Gasteiger partial charge in [0.25, 0.3) is 5.91 Å². The normalized spacial score (nSPS) is 21.9. The Morgan fingerprint density at radius 1 is 1.48 bits per heavy atom. The van der Waals surface area contributed by atoms with Crippen LogP contribution >= 0.6 is 0 Å². The van der Waals surface area contributed by atoms with Gasteiger partial charge in [-0.05, 0) is 52.3 Å². The number of pyridine rings is 1. The molecule has 116 valence electrons. The van der Waals surface area contributed by atoms with Crippen LogP contribution in [0.3, 0.4) is 0 Å². The average molecular weight is 290 g/mol. The topological polar surface area (TPSA) is 57.3 Å². The number of nitrogens with zero attached hydrogens (tertiary/aromatic N) is 2. The highest BCUT2D eigenvalue weighted by Gasteiger charge is 2.19. The molecule has 2 atom stereocenters. The fourth-order valence-electron chi connectivity index (χ4n) is 2.81.